The Morgan fingerprint density at radius 2 is 1.97 bits per heavy atom. The Morgan fingerprint density at radius 3 is 2.66 bits per heavy atom. The van der Waals surface area contributed by atoms with Gasteiger partial charge in [-0.3, -0.25) is 9.79 Å². The first kappa shape index (κ1) is 21.6. The van der Waals surface area contributed by atoms with Crippen LogP contribution in [0, 0.1) is 11.8 Å². The van der Waals surface area contributed by atoms with E-state index in [1.807, 2.05) is 0 Å². The third-order valence-corrected chi connectivity index (χ3v) is 6.05. The Labute approximate surface area is 175 Å². The number of amides is 1. The Hall–Kier alpha value is -2.08. The summed E-state index contributed by atoms with van der Waals surface area (Å²) >= 11 is 0. The number of piperidine rings is 1. The first-order chi connectivity index (χ1) is 14.2. The minimum Gasteiger partial charge on any atom is -0.373 e. The quantitative estimate of drug-likeness (QED) is 0.569. The number of benzene rings is 1. The molecule has 2 aliphatic rings. The molecule has 0 saturated carbocycles. The number of hydrogen-bond donors (Lipinski definition) is 2. The molecule has 6 heteroatoms. The number of hydrogen-bond acceptors (Lipinski definition) is 3. The summed E-state index contributed by atoms with van der Waals surface area (Å²) in [6, 6.07) is 10.5. The van der Waals surface area contributed by atoms with E-state index >= 15 is 0 Å². The van der Waals surface area contributed by atoms with Gasteiger partial charge in [-0.05, 0) is 44.1 Å². The number of rotatable bonds is 6. The fourth-order valence-electron chi connectivity index (χ4n) is 4.38. The number of guanidine groups is 1. The second-order valence-corrected chi connectivity index (χ2v) is 8.11. The molecule has 2 heterocycles. The third-order valence-electron chi connectivity index (χ3n) is 6.05. The van der Waals surface area contributed by atoms with Gasteiger partial charge in [-0.25, -0.2) is 0 Å². The van der Waals surface area contributed by atoms with Gasteiger partial charge in [-0.1, -0.05) is 30.3 Å². The van der Waals surface area contributed by atoms with Crippen molar-refractivity contribution in [2.45, 2.75) is 45.1 Å². The monoisotopic (exact) mass is 400 g/mol. The van der Waals surface area contributed by atoms with Gasteiger partial charge in [0.05, 0.1) is 6.10 Å². The van der Waals surface area contributed by atoms with Crippen molar-refractivity contribution in [1.29, 1.82) is 0 Å². The van der Waals surface area contributed by atoms with Gasteiger partial charge in [0.2, 0.25) is 5.91 Å². The van der Waals surface area contributed by atoms with Crippen LogP contribution in [0.1, 0.15) is 50.7 Å². The molecule has 2 atom stereocenters. The summed E-state index contributed by atoms with van der Waals surface area (Å²) < 4.78 is 6.13. The fourth-order valence-corrected chi connectivity index (χ4v) is 4.38. The lowest BCUT2D eigenvalue weighted by atomic mass is 9.89. The van der Waals surface area contributed by atoms with Crippen molar-refractivity contribution in [1.82, 2.24) is 15.5 Å². The van der Waals surface area contributed by atoms with Crippen molar-refractivity contribution in [2.24, 2.45) is 16.8 Å². The van der Waals surface area contributed by atoms with Crippen LogP contribution in [-0.4, -0.2) is 56.6 Å². The number of likely N-dealkylation sites (tertiary alicyclic amines) is 1. The van der Waals surface area contributed by atoms with Crippen LogP contribution in [0.4, 0.5) is 0 Å². The maximum atomic E-state index is 11.7. The van der Waals surface area contributed by atoms with Gasteiger partial charge in [0.1, 0.15) is 0 Å². The minimum absolute atomic E-state index is 0.134. The van der Waals surface area contributed by atoms with Crippen LogP contribution >= 0.6 is 0 Å². The van der Waals surface area contributed by atoms with E-state index < -0.39 is 0 Å². The van der Waals surface area contributed by atoms with E-state index in [1.54, 1.807) is 7.05 Å². The summed E-state index contributed by atoms with van der Waals surface area (Å²) in [4.78, 5) is 19.0. The third kappa shape index (κ3) is 6.20. The molecule has 160 valence electrons. The van der Waals surface area contributed by atoms with Gasteiger partial charge in [-0.15, -0.1) is 0 Å². The Kier molecular flexibility index (Phi) is 8.35. The van der Waals surface area contributed by atoms with Crippen LogP contribution in [0.5, 0.6) is 0 Å². The molecule has 2 aliphatic heterocycles. The van der Waals surface area contributed by atoms with Crippen LogP contribution in [0.15, 0.2) is 35.3 Å². The van der Waals surface area contributed by atoms with Crippen LogP contribution in [-0.2, 0) is 9.53 Å². The summed E-state index contributed by atoms with van der Waals surface area (Å²) in [5.41, 5.74) is 1.26. The molecule has 2 unspecified atom stereocenters. The molecule has 0 bridgehead atoms. The average molecular weight is 401 g/mol. The number of nitrogens with one attached hydrogen (secondary N) is 2. The van der Waals surface area contributed by atoms with Crippen LogP contribution in [0.2, 0.25) is 0 Å². The van der Waals surface area contributed by atoms with Crippen LogP contribution in [0.25, 0.3) is 0 Å². The maximum absolute atomic E-state index is 11.7. The normalized spacial score (nSPS) is 23.7. The van der Waals surface area contributed by atoms with E-state index in [9.17, 15) is 4.79 Å². The van der Waals surface area contributed by atoms with Crippen molar-refractivity contribution < 1.29 is 9.53 Å². The number of nitrogens with zero attached hydrogens (tertiary/aromatic N) is 2. The van der Waals surface area contributed by atoms with Gasteiger partial charge >= 0.3 is 0 Å². The summed E-state index contributed by atoms with van der Waals surface area (Å²) in [5, 5.41) is 6.21. The molecule has 2 N–H and O–H groups in total. The lowest BCUT2D eigenvalue weighted by molar-refractivity contribution is -0.121. The summed E-state index contributed by atoms with van der Waals surface area (Å²) in [6.45, 7) is 6.50. The molecular formula is C23H36N4O2. The predicted octanol–water partition coefficient (Wildman–Crippen LogP) is 2.97. The average Bonchev–Trinajstić information content (AvgIpc) is 2.78. The minimum atomic E-state index is 0.134. The topological polar surface area (TPSA) is 66.0 Å². The summed E-state index contributed by atoms with van der Waals surface area (Å²) in [5.74, 6) is 2.03. The predicted molar refractivity (Wildman–Crippen MR) is 117 cm³/mol. The highest BCUT2D eigenvalue weighted by molar-refractivity contribution is 5.80. The molecule has 2 saturated heterocycles. The SMILES string of the molecule is CCNC(=NCC1CCCOC1c1ccccc1)N1CCC(CC(=O)NC)CC1. The molecule has 1 amide bonds. The lowest BCUT2D eigenvalue weighted by Gasteiger charge is -2.35. The number of aliphatic imine (C=N–C) groups is 1. The van der Waals surface area contributed by atoms with Gasteiger partial charge in [0.25, 0.3) is 0 Å². The Balaban J connectivity index is 1.60. The standard InChI is InChI=1S/C23H36N4O2/c1-3-25-23(27-13-11-18(12-14-27)16-21(28)24-2)26-17-20-10-7-15-29-22(20)19-8-5-4-6-9-19/h4-6,8-9,18,20,22H,3,7,10-17H2,1-2H3,(H,24,28)(H,25,26). The molecule has 0 aliphatic carbocycles. The van der Waals surface area contributed by atoms with Gasteiger partial charge < -0.3 is 20.3 Å². The molecule has 1 aromatic rings. The smallest absolute Gasteiger partial charge is 0.220 e. The van der Waals surface area contributed by atoms with E-state index in [0.29, 0.717) is 18.3 Å². The second kappa shape index (κ2) is 11.2. The highest BCUT2D eigenvalue weighted by Gasteiger charge is 2.28. The molecule has 6 nitrogen and oxygen atoms in total. The zero-order valence-electron chi connectivity index (χ0n) is 17.9. The van der Waals surface area contributed by atoms with Crippen LogP contribution in [0.3, 0.4) is 0 Å². The first-order valence-electron chi connectivity index (χ1n) is 11.1. The fraction of sp³-hybridized carbons (Fsp3) is 0.652. The molecule has 29 heavy (non-hydrogen) atoms. The van der Waals surface area contributed by atoms with Crippen molar-refractivity contribution in [3.8, 4) is 0 Å². The maximum Gasteiger partial charge on any atom is 0.220 e. The first-order valence-corrected chi connectivity index (χ1v) is 11.1. The van der Waals surface area contributed by atoms with E-state index in [0.717, 1.165) is 64.4 Å². The Morgan fingerprint density at radius 1 is 1.21 bits per heavy atom. The molecule has 3 rings (SSSR count). The summed E-state index contributed by atoms with van der Waals surface area (Å²) in [7, 11) is 1.71. The number of carbonyl (C=O) groups is 1. The number of carbonyl (C=O) groups excluding carboxylic acids is 1. The number of ether oxygens (including phenoxy) is 1. The van der Waals surface area contributed by atoms with Crippen molar-refractivity contribution in [2.75, 3.05) is 39.8 Å². The van der Waals surface area contributed by atoms with Crippen molar-refractivity contribution in [3.05, 3.63) is 35.9 Å². The van der Waals surface area contributed by atoms with Gasteiger partial charge in [0, 0.05) is 52.2 Å². The Bertz CT molecular complexity index is 656. The zero-order valence-corrected chi connectivity index (χ0v) is 17.9. The van der Waals surface area contributed by atoms with E-state index in [1.165, 1.54) is 5.56 Å². The van der Waals surface area contributed by atoms with E-state index in [2.05, 4.69) is 52.8 Å². The molecular weight excluding hydrogens is 364 g/mol. The van der Waals surface area contributed by atoms with Crippen molar-refractivity contribution >= 4 is 11.9 Å². The van der Waals surface area contributed by atoms with Gasteiger partial charge in [-0.2, -0.15) is 0 Å². The molecule has 2 fully saturated rings. The van der Waals surface area contributed by atoms with Gasteiger partial charge in [0.15, 0.2) is 5.96 Å². The molecule has 1 aromatic carbocycles. The molecule has 0 spiro atoms. The van der Waals surface area contributed by atoms with E-state index in [4.69, 9.17) is 9.73 Å². The lowest BCUT2D eigenvalue weighted by Crippen LogP contribution is -2.46. The highest BCUT2D eigenvalue weighted by atomic mass is 16.5. The van der Waals surface area contributed by atoms with Crippen molar-refractivity contribution in [3.63, 3.8) is 0 Å². The highest BCUT2D eigenvalue weighted by Crippen LogP contribution is 2.33. The van der Waals surface area contributed by atoms with E-state index in [-0.39, 0.29) is 12.0 Å². The van der Waals surface area contributed by atoms with Crippen LogP contribution < -0.4 is 10.6 Å². The largest absolute Gasteiger partial charge is 0.373 e. The second-order valence-electron chi connectivity index (χ2n) is 8.11. The molecule has 0 aromatic heterocycles. The summed E-state index contributed by atoms with van der Waals surface area (Å²) in [6.07, 6.45) is 5.10. The zero-order chi connectivity index (χ0) is 20.5. The molecule has 0 radical (unpaired) electrons.